The van der Waals surface area contributed by atoms with Crippen molar-refractivity contribution in [3.63, 3.8) is 0 Å². The number of fused-ring (bicyclic) bond motifs is 2. The average molecular weight is 237 g/mol. The number of nitrogens with zero attached hydrogens (tertiary/aromatic N) is 1. The topological polar surface area (TPSA) is 40.6 Å². The Labute approximate surface area is 95.9 Å². The molecule has 0 spiro atoms. The molecule has 1 aromatic heterocycles. The number of aromatic nitrogens is 1. The summed E-state index contributed by atoms with van der Waals surface area (Å²) in [5, 5.41) is 0. The Kier molecular flexibility index (Phi) is 2.77. The van der Waals surface area contributed by atoms with Crippen LogP contribution in [0.5, 0.6) is 0 Å². The van der Waals surface area contributed by atoms with E-state index in [0.29, 0.717) is 0 Å². The number of hydrogen-bond acceptors (Lipinski definition) is 4. The van der Waals surface area contributed by atoms with Crippen LogP contribution in [0.1, 0.15) is 12.0 Å². The zero-order valence-corrected chi connectivity index (χ0v) is 10.1. The maximum atomic E-state index is 5.78. The lowest BCUT2D eigenvalue weighted by Crippen LogP contribution is -2.38. The first kappa shape index (κ1) is 10.4. The van der Waals surface area contributed by atoms with Gasteiger partial charge < -0.3 is 13.3 Å². The van der Waals surface area contributed by atoms with E-state index in [-0.39, 0.29) is 6.10 Å². The molecule has 0 unspecified atom stereocenters. The smallest absolute Gasteiger partial charge is 0.371 e. The van der Waals surface area contributed by atoms with Crippen LogP contribution in [0.4, 0.5) is 0 Å². The first-order chi connectivity index (χ1) is 7.86. The van der Waals surface area contributed by atoms with E-state index in [0.717, 1.165) is 32.1 Å². The molecule has 1 aromatic rings. The lowest BCUT2D eigenvalue weighted by Gasteiger charge is -2.18. The molecule has 2 saturated heterocycles. The zero-order valence-electron chi connectivity index (χ0n) is 9.09. The van der Waals surface area contributed by atoms with Crippen molar-refractivity contribution < 1.29 is 13.3 Å². The van der Waals surface area contributed by atoms with Crippen molar-refractivity contribution in [2.45, 2.75) is 25.0 Å². The molecular formula is C11H15NO3Si. The van der Waals surface area contributed by atoms with Crippen LogP contribution in [-0.2, 0) is 19.7 Å². The molecule has 0 aromatic carbocycles. The van der Waals surface area contributed by atoms with Crippen LogP contribution in [0.2, 0.25) is 6.04 Å². The second-order valence-electron chi connectivity index (χ2n) is 4.25. The predicted octanol–water partition coefficient (Wildman–Crippen LogP) is 1.40. The standard InChI is InChI=1S/C11H15NO3Si/c1(2-10-3-5-12-6-4-10)7-16-13-8-11(15-16)9-14-16/h3-6,11H,1-2,7-9H2. The third kappa shape index (κ3) is 2.03. The first-order valence-corrected chi connectivity index (χ1v) is 7.64. The van der Waals surface area contributed by atoms with Gasteiger partial charge in [-0.2, -0.15) is 0 Å². The van der Waals surface area contributed by atoms with Crippen LogP contribution in [0.25, 0.3) is 0 Å². The van der Waals surface area contributed by atoms with Crippen molar-refractivity contribution in [3.8, 4) is 0 Å². The highest BCUT2D eigenvalue weighted by Gasteiger charge is 2.54. The van der Waals surface area contributed by atoms with E-state index in [1.807, 2.05) is 24.5 Å². The minimum absolute atomic E-state index is 0.215. The van der Waals surface area contributed by atoms with E-state index < -0.39 is 8.80 Å². The van der Waals surface area contributed by atoms with E-state index in [1.54, 1.807) is 0 Å². The summed E-state index contributed by atoms with van der Waals surface area (Å²) in [6, 6.07) is 5.04. The molecule has 0 N–H and O–H groups in total. The largest absolute Gasteiger partial charge is 0.501 e. The van der Waals surface area contributed by atoms with Crippen molar-refractivity contribution >= 4 is 8.80 Å². The lowest BCUT2D eigenvalue weighted by molar-refractivity contribution is 0.147. The second kappa shape index (κ2) is 4.25. The van der Waals surface area contributed by atoms with Crippen LogP contribution in [0.15, 0.2) is 24.5 Å². The van der Waals surface area contributed by atoms with Gasteiger partial charge in [-0.1, -0.05) is 0 Å². The van der Waals surface area contributed by atoms with Gasteiger partial charge in [-0.15, -0.1) is 0 Å². The molecule has 0 amide bonds. The van der Waals surface area contributed by atoms with Crippen molar-refractivity contribution in [1.29, 1.82) is 0 Å². The molecule has 0 aliphatic carbocycles. The van der Waals surface area contributed by atoms with Gasteiger partial charge in [0.05, 0.1) is 19.3 Å². The van der Waals surface area contributed by atoms with E-state index >= 15 is 0 Å². The highest BCUT2D eigenvalue weighted by molar-refractivity contribution is 6.61. The van der Waals surface area contributed by atoms with Crippen LogP contribution < -0.4 is 0 Å². The van der Waals surface area contributed by atoms with Crippen LogP contribution in [0.3, 0.4) is 0 Å². The number of hydrogen-bond donors (Lipinski definition) is 0. The van der Waals surface area contributed by atoms with E-state index in [4.69, 9.17) is 13.3 Å². The normalized spacial score (nSPS) is 32.1. The summed E-state index contributed by atoms with van der Waals surface area (Å²) < 4.78 is 17.1. The summed E-state index contributed by atoms with van der Waals surface area (Å²) in [5.74, 6) is 0. The second-order valence-corrected chi connectivity index (χ2v) is 6.93. The molecule has 2 aliphatic rings. The first-order valence-electron chi connectivity index (χ1n) is 5.71. The Balaban J connectivity index is 1.50. The lowest BCUT2D eigenvalue weighted by atomic mass is 10.2. The fraction of sp³-hybridized carbons (Fsp3) is 0.545. The van der Waals surface area contributed by atoms with E-state index in [1.165, 1.54) is 5.56 Å². The minimum atomic E-state index is -2.20. The van der Waals surface area contributed by atoms with Gasteiger partial charge in [0.25, 0.3) is 0 Å². The Bertz CT molecular complexity index is 352. The molecular weight excluding hydrogens is 222 g/mol. The Hall–Kier alpha value is -0.753. The molecule has 0 radical (unpaired) electrons. The van der Waals surface area contributed by atoms with Gasteiger partial charge in [0.15, 0.2) is 0 Å². The molecule has 2 fully saturated rings. The van der Waals surface area contributed by atoms with Gasteiger partial charge in [0, 0.05) is 18.4 Å². The summed E-state index contributed by atoms with van der Waals surface area (Å²) >= 11 is 0. The molecule has 0 saturated carbocycles. The van der Waals surface area contributed by atoms with Crippen LogP contribution in [0, 0.1) is 0 Å². The van der Waals surface area contributed by atoms with Gasteiger partial charge in [0.1, 0.15) is 0 Å². The van der Waals surface area contributed by atoms with Gasteiger partial charge in [0.2, 0.25) is 0 Å². The predicted molar refractivity (Wildman–Crippen MR) is 59.9 cm³/mol. The Morgan fingerprint density at radius 1 is 1.25 bits per heavy atom. The molecule has 2 bridgehead atoms. The molecule has 86 valence electrons. The molecule has 16 heavy (non-hydrogen) atoms. The molecule has 3 rings (SSSR count). The number of pyridine rings is 1. The fourth-order valence-electron chi connectivity index (χ4n) is 2.18. The SMILES string of the molecule is c1cc(CCC[Si]23OCC(CO2)O3)ccn1. The number of aryl methyl sites for hydroxylation is 1. The van der Waals surface area contributed by atoms with Crippen LogP contribution >= 0.6 is 0 Å². The maximum Gasteiger partial charge on any atom is 0.501 e. The van der Waals surface area contributed by atoms with Gasteiger partial charge in [-0.3, -0.25) is 4.98 Å². The Morgan fingerprint density at radius 2 is 2.00 bits per heavy atom. The summed E-state index contributed by atoms with van der Waals surface area (Å²) in [4.78, 5) is 4.00. The average Bonchev–Trinajstić information content (AvgIpc) is 2.91. The van der Waals surface area contributed by atoms with Crippen molar-refractivity contribution in [1.82, 2.24) is 4.98 Å². The minimum Gasteiger partial charge on any atom is -0.371 e. The molecule has 2 aliphatic heterocycles. The maximum absolute atomic E-state index is 5.78. The quantitative estimate of drug-likeness (QED) is 0.742. The molecule has 3 heterocycles. The third-order valence-corrected chi connectivity index (χ3v) is 5.89. The fourth-order valence-corrected chi connectivity index (χ4v) is 4.94. The summed E-state index contributed by atoms with van der Waals surface area (Å²) in [5.41, 5.74) is 1.31. The van der Waals surface area contributed by atoms with E-state index in [2.05, 4.69) is 4.98 Å². The summed E-state index contributed by atoms with van der Waals surface area (Å²) in [7, 11) is -2.20. The number of rotatable bonds is 4. The zero-order chi connectivity index (χ0) is 10.8. The van der Waals surface area contributed by atoms with Crippen LogP contribution in [-0.4, -0.2) is 33.1 Å². The third-order valence-electron chi connectivity index (χ3n) is 3.02. The monoisotopic (exact) mass is 237 g/mol. The molecule has 5 heteroatoms. The molecule has 0 atom stereocenters. The van der Waals surface area contributed by atoms with E-state index in [9.17, 15) is 0 Å². The Morgan fingerprint density at radius 3 is 2.62 bits per heavy atom. The van der Waals surface area contributed by atoms with Gasteiger partial charge in [-0.05, 0) is 30.5 Å². The van der Waals surface area contributed by atoms with Crippen molar-refractivity contribution in [2.24, 2.45) is 0 Å². The summed E-state index contributed by atoms with van der Waals surface area (Å²) in [6.45, 7) is 1.48. The van der Waals surface area contributed by atoms with Gasteiger partial charge in [-0.25, -0.2) is 0 Å². The summed E-state index contributed by atoms with van der Waals surface area (Å²) in [6.07, 6.45) is 5.97. The highest BCUT2D eigenvalue weighted by atomic mass is 28.4. The van der Waals surface area contributed by atoms with Crippen molar-refractivity contribution in [2.75, 3.05) is 13.2 Å². The molecule has 4 nitrogen and oxygen atoms in total. The highest BCUT2D eigenvalue weighted by Crippen LogP contribution is 2.32. The van der Waals surface area contributed by atoms with Gasteiger partial charge >= 0.3 is 8.80 Å². The van der Waals surface area contributed by atoms with Crippen molar-refractivity contribution in [3.05, 3.63) is 30.1 Å².